The van der Waals surface area contributed by atoms with Gasteiger partial charge in [-0.1, -0.05) is 52.3 Å². The van der Waals surface area contributed by atoms with Crippen molar-refractivity contribution in [3.8, 4) is 0 Å². The second-order valence-electron chi connectivity index (χ2n) is 24.1. The van der Waals surface area contributed by atoms with Crippen molar-refractivity contribution in [3.05, 3.63) is 36.0 Å². The zero-order valence-electron chi connectivity index (χ0n) is 55.0. The van der Waals surface area contributed by atoms with Gasteiger partial charge in [-0.15, -0.1) is 0 Å². The maximum absolute atomic E-state index is 13.9. The highest BCUT2D eigenvalue weighted by molar-refractivity contribution is 5.98. The molecule has 29 heteroatoms. The summed E-state index contributed by atoms with van der Waals surface area (Å²) in [5, 5.41) is 25.5. The van der Waals surface area contributed by atoms with Crippen LogP contribution in [0.15, 0.2) is 30.5 Å². The Labute approximate surface area is 547 Å². The van der Waals surface area contributed by atoms with E-state index in [2.05, 4.69) is 36.9 Å². The number of fused-ring (bicyclic) bond motifs is 1. The molecule has 8 amide bonds. The lowest BCUT2D eigenvalue weighted by molar-refractivity contribution is -0.142. The minimum absolute atomic E-state index is 0.00313. The molecular formula is C65H97N11O18. The first-order valence-electron chi connectivity index (χ1n) is 32.0. The van der Waals surface area contributed by atoms with E-state index in [0.717, 1.165) is 16.5 Å². The molecule has 1 fully saturated rings. The van der Waals surface area contributed by atoms with E-state index in [1.807, 2.05) is 45.0 Å². The van der Waals surface area contributed by atoms with Gasteiger partial charge in [0.25, 0.3) is 0 Å². The number of para-hydroxylation sites is 1. The number of primary amides is 2. The topological polar surface area (TPSA) is 480 Å². The first-order valence-corrected chi connectivity index (χ1v) is 32.0. The largest absolute Gasteiger partial charge is 0.480 e. The molecule has 0 radical (unpaired) electrons. The van der Waals surface area contributed by atoms with E-state index >= 15 is 0 Å². The molecule has 1 aliphatic heterocycles. The fourth-order valence-corrected chi connectivity index (χ4v) is 10.2. The summed E-state index contributed by atoms with van der Waals surface area (Å²) in [5.74, 6) is -9.46. The SMILES string of the molecule is CCC(C)C(CC(=O)CNC(=O)C(CCC(N)=O)NC(=O)C1CCCN1C(=O)CCC(=O)CNC(=O)CCC(=O)CN)C(=O)NC(Cc1c[nH]c2ccccc12)C(=O)CCC(C)=O.CNC(CCC(N)=O)C(=O)CCC(=O)CCC(=O)CCC(=O)NC(CC(C)C)C(=O)O. The van der Waals surface area contributed by atoms with Crippen molar-refractivity contribution in [1.29, 1.82) is 0 Å². The van der Waals surface area contributed by atoms with E-state index in [0.29, 0.717) is 19.3 Å². The molecule has 7 atom stereocenters. The van der Waals surface area contributed by atoms with Crippen LogP contribution in [0.1, 0.15) is 175 Å². The lowest BCUT2D eigenvalue weighted by Gasteiger charge is -2.27. The summed E-state index contributed by atoms with van der Waals surface area (Å²) in [4.78, 5) is 214. The number of nitrogens with two attached hydrogens (primary N) is 3. The second kappa shape index (κ2) is 43.2. The Morgan fingerprint density at radius 1 is 0.617 bits per heavy atom. The molecule has 1 aliphatic rings. The summed E-state index contributed by atoms with van der Waals surface area (Å²) in [6, 6.07) is 2.67. The molecule has 1 aromatic heterocycles. The molecule has 14 N–H and O–H groups in total. The highest BCUT2D eigenvalue weighted by Crippen LogP contribution is 2.24. The van der Waals surface area contributed by atoms with E-state index in [1.165, 1.54) is 11.8 Å². The number of aromatic nitrogens is 1. The third-order valence-electron chi connectivity index (χ3n) is 16.0. The van der Waals surface area contributed by atoms with E-state index in [4.69, 9.17) is 22.3 Å². The van der Waals surface area contributed by atoms with Gasteiger partial charge < -0.3 is 68.9 Å². The van der Waals surface area contributed by atoms with Crippen LogP contribution in [-0.4, -0.2) is 178 Å². The average molecular weight is 1320 g/mol. The second-order valence-corrected chi connectivity index (χ2v) is 24.1. The predicted molar refractivity (Wildman–Crippen MR) is 343 cm³/mol. The van der Waals surface area contributed by atoms with Crippen molar-refractivity contribution >= 4 is 110 Å². The molecule has 1 saturated heterocycles. The summed E-state index contributed by atoms with van der Waals surface area (Å²) in [6.07, 6.45) is 2.01. The number of likely N-dealkylation sites (N-methyl/N-ethyl adjacent to an activating group) is 1. The quantitative estimate of drug-likeness (QED) is 0.0438. The van der Waals surface area contributed by atoms with Gasteiger partial charge in [0.05, 0.1) is 31.7 Å². The van der Waals surface area contributed by atoms with Gasteiger partial charge in [-0.3, -0.25) is 71.9 Å². The van der Waals surface area contributed by atoms with Gasteiger partial charge in [-0.2, -0.15) is 0 Å². The number of nitrogens with one attached hydrogen (secondary N) is 7. The number of likely N-dealkylation sites (tertiary alicyclic amines) is 1. The van der Waals surface area contributed by atoms with Gasteiger partial charge >= 0.3 is 5.97 Å². The molecule has 0 spiro atoms. The number of aliphatic carboxylic acids is 1. The summed E-state index contributed by atoms with van der Waals surface area (Å²) in [5.41, 5.74) is 17.3. The Morgan fingerprint density at radius 2 is 1.18 bits per heavy atom. The van der Waals surface area contributed by atoms with Gasteiger partial charge in [0.1, 0.15) is 47.0 Å². The number of carboxylic acids is 1. The van der Waals surface area contributed by atoms with Crippen LogP contribution in [0.4, 0.5) is 0 Å². The van der Waals surface area contributed by atoms with Crippen LogP contribution < -0.4 is 49.1 Å². The number of carbonyl (C=O) groups is 17. The van der Waals surface area contributed by atoms with E-state index in [9.17, 15) is 81.5 Å². The van der Waals surface area contributed by atoms with E-state index < -0.39 is 107 Å². The van der Waals surface area contributed by atoms with Crippen LogP contribution in [0.3, 0.4) is 0 Å². The monoisotopic (exact) mass is 1320 g/mol. The Kier molecular flexibility index (Phi) is 37.4. The molecule has 29 nitrogen and oxygen atoms in total. The van der Waals surface area contributed by atoms with Crippen molar-refractivity contribution in [2.75, 3.05) is 33.2 Å². The number of carbonyl (C=O) groups excluding carboxylic acids is 16. The summed E-state index contributed by atoms with van der Waals surface area (Å²) < 4.78 is 0. The third kappa shape index (κ3) is 31.7. The van der Waals surface area contributed by atoms with Gasteiger partial charge in [-0.05, 0) is 69.5 Å². The number of ketones is 8. The lowest BCUT2D eigenvalue weighted by Crippen LogP contribution is -2.54. The van der Waals surface area contributed by atoms with Crippen molar-refractivity contribution in [1.82, 2.24) is 41.8 Å². The molecule has 3 rings (SSSR count). The Hall–Kier alpha value is -8.73. The minimum atomic E-state index is -1.32. The molecule has 520 valence electrons. The van der Waals surface area contributed by atoms with Gasteiger partial charge in [0.2, 0.25) is 47.3 Å². The first-order chi connectivity index (χ1) is 44.4. The van der Waals surface area contributed by atoms with Crippen LogP contribution in [-0.2, 0) is 87.9 Å². The number of nitrogens with zero attached hydrogens (tertiary/aromatic N) is 1. The van der Waals surface area contributed by atoms with Gasteiger partial charge in [0, 0.05) is 132 Å². The molecule has 7 unspecified atom stereocenters. The Morgan fingerprint density at radius 3 is 1.78 bits per heavy atom. The third-order valence-corrected chi connectivity index (χ3v) is 16.0. The maximum Gasteiger partial charge on any atom is 0.326 e. The van der Waals surface area contributed by atoms with Crippen molar-refractivity contribution < 1.29 is 86.6 Å². The number of H-pyrrole nitrogens is 1. The first kappa shape index (κ1) is 81.4. The molecule has 2 heterocycles. The standard InChI is InChI=1S/C44H62N8O11.C21H35N3O7/c1-4-26(2)33(42(61)51-36(38(57)15-11-27(3)53)20-28-23-47-34-9-6-5-8-32(28)34)21-31(56)25-49-43(62)35(14-16-39(46)58)50-44(63)37-10-7-19-52(37)41(60)18-13-30(55)24-48-40(59)17-12-29(54)22-45;1-13(2)12-17(21(30)31)24-20(29)11-7-15(26)5-4-14(25)6-9-18(27)16(23-3)8-10-19(22)28/h5-6,8-9,23,26,33,35-37,47H,4,7,10-22,24-25,45H2,1-3H3,(H2,46,58)(H,48,59)(H,49,62)(H,50,63)(H,51,61);13,16-17,23H,4-12H2,1-3H3,(H2,22,28)(H,24,29)(H,30,31). The van der Waals surface area contributed by atoms with Crippen molar-refractivity contribution in [2.45, 2.75) is 206 Å². The number of rotatable bonds is 47. The number of hydrogen-bond acceptors (Lipinski definition) is 19. The fourth-order valence-electron chi connectivity index (χ4n) is 10.2. The van der Waals surface area contributed by atoms with Crippen LogP contribution in [0, 0.1) is 17.8 Å². The fraction of sp³-hybridized carbons (Fsp3) is 0.615. The zero-order chi connectivity index (χ0) is 70.6. The van der Waals surface area contributed by atoms with Gasteiger partial charge in [-0.25, -0.2) is 4.79 Å². The summed E-state index contributed by atoms with van der Waals surface area (Å²) in [7, 11) is 1.59. The highest BCUT2D eigenvalue weighted by atomic mass is 16.4. The predicted octanol–water partition coefficient (Wildman–Crippen LogP) is 0.889. The smallest absolute Gasteiger partial charge is 0.326 e. The van der Waals surface area contributed by atoms with Crippen LogP contribution in [0.2, 0.25) is 0 Å². The van der Waals surface area contributed by atoms with Crippen LogP contribution in [0.5, 0.6) is 0 Å². The summed E-state index contributed by atoms with van der Waals surface area (Å²) >= 11 is 0. The molecule has 0 bridgehead atoms. The number of Topliss-reactive ketones (excluding diaryl/α,β-unsaturated/α-hetero) is 8. The van der Waals surface area contributed by atoms with E-state index in [-0.39, 0.29) is 188 Å². The molecule has 2 aromatic rings. The average Bonchev–Trinajstić information content (AvgIpc) is 1.66. The van der Waals surface area contributed by atoms with Crippen LogP contribution >= 0.6 is 0 Å². The lowest BCUT2D eigenvalue weighted by atomic mass is 9.86. The Bertz CT molecular complexity index is 3010. The van der Waals surface area contributed by atoms with Crippen LogP contribution in [0.25, 0.3) is 10.9 Å². The minimum Gasteiger partial charge on any atom is -0.480 e. The molecule has 0 saturated carbocycles. The number of hydrogen-bond donors (Lipinski definition) is 11. The van der Waals surface area contributed by atoms with E-state index in [1.54, 1.807) is 20.2 Å². The normalized spacial score (nSPS) is 14.5. The molecule has 94 heavy (non-hydrogen) atoms. The van der Waals surface area contributed by atoms with Crippen molar-refractivity contribution in [3.63, 3.8) is 0 Å². The Balaban J connectivity index is 0.000000815. The maximum atomic E-state index is 13.9. The molecule has 1 aromatic carbocycles. The number of amides is 8. The number of benzene rings is 1. The molecular weight excluding hydrogens is 1220 g/mol. The zero-order valence-corrected chi connectivity index (χ0v) is 55.0. The summed E-state index contributed by atoms with van der Waals surface area (Å²) in [6.45, 7) is 7.88. The van der Waals surface area contributed by atoms with Gasteiger partial charge in [0.15, 0.2) is 17.3 Å². The highest BCUT2D eigenvalue weighted by Gasteiger charge is 2.37. The number of carboxylic acid groups (broad SMARTS) is 1. The van der Waals surface area contributed by atoms with Crippen molar-refractivity contribution in [2.24, 2.45) is 35.0 Å². The number of aromatic amines is 1. The molecule has 0 aliphatic carbocycles.